The van der Waals surface area contributed by atoms with Crippen LogP contribution in [-0.2, 0) is 4.79 Å². The first kappa shape index (κ1) is 14.9. The van der Waals surface area contributed by atoms with Gasteiger partial charge in [0.15, 0.2) is 0 Å². The van der Waals surface area contributed by atoms with E-state index in [4.69, 9.17) is 11.0 Å². The molecule has 1 rings (SSSR count). The molecule has 0 aromatic heterocycles. The van der Waals surface area contributed by atoms with Crippen molar-refractivity contribution in [2.24, 2.45) is 11.7 Å². The largest absolute Gasteiger partial charge is 0.356 e. The van der Waals surface area contributed by atoms with Crippen LogP contribution in [0.25, 0.3) is 0 Å². The maximum Gasteiger partial charge on any atom is 0.223 e. The summed E-state index contributed by atoms with van der Waals surface area (Å²) in [5, 5.41) is 11.9. The van der Waals surface area contributed by atoms with Crippen LogP contribution in [0.1, 0.15) is 32.1 Å². The van der Waals surface area contributed by atoms with Crippen LogP contribution in [0.3, 0.4) is 0 Å². The Bertz CT molecular complexity index is 313. The highest BCUT2D eigenvalue weighted by Crippen LogP contribution is 2.29. The minimum Gasteiger partial charge on any atom is -0.356 e. The standard InChI is InChI=1S/C13H24N4O/c1-17(2)9-3-8-16-12(18)11-4-6-13(15,10-14)7-5-11/h11H,3-9,15H2,1-2H3,(H,16,18). The molecule has 1 fully saturated rings. The number of nitrogens with one attached hydrogen (secondary N) is 1. The molecule has 0 aromatic carbocycles. The minimum atomic E-state index is -0.707. The summed E-state index contributed by atoms with van der Waals surface area (Å²) in [5.74, 6) is 0.156. The summed E-state index contributed by atoms with van der Waals surface area (Å²) in [6, 6.07) is 2.15. The fourth-order valence-corrected chi connectivity index (χ4v) is 2.26. The Balaban J connectivity index is 2.22. The van der Waals surface area contributed by atoms with E-state index >= 15 is 0 Å². The normalized spacial score (nSPS) is 27.8. The average Bonchev–Trinajstić information content (AvgIpc) is 2.35. The molecule has 0 heterocycles. The SMILES string of the molecule is CN(C)CCCNC(=O)C1CCC(N)(C#N)CC1. The van der Waals surface area contributed by atoms with E-state index in [0.717, 1.165) is 32.4 Å². The molecule has 5 nitrogen and oxygen atoms in total. The monoisotopic (exact) mass is 252 g/mol. The molecule has 1 aliphatic carbocycles. The number of nitriles is 1. The third kappa shape index (κ3) is 4.63. The van der Waals surface area contributed by atoms with Crippen LogP contribution in [0, 0.1) is 17.2 Å². The van der Waals surface area contributed by atoms with Crippen molar-refractivity contribution < 1.29 is 4.79 Å². The summed E-state index contributed by atoms with van der Waals surface area (Å²) in [6.45, 7) is 1.70. The molecular weight excluding hydrogens is 228 g/mol. The molecule has 1 aliphatic rings. The Morgan fingerprint density at radius 3 is 2.61 bits per heavy atom. The van der Waals surface area contributed by atoms with Crippen molar-refractivity contribution in [3.8, 4) is 6.07 Å². The topological polar surface area (TPSA) is 82.2 Å². The Hall–Kier alpha value is -1.12. The van der Waals surface area contributed by atoms with Crippen LogP contribution in [0.5, 0.6) is 0 Å². The molecule has 0 aliphatic heterocycles. The Kier molecular flexibility index (Phi) is 5.57. The van der Waals surface area contributed by atoms with Gasteiger partial charge in [0.2, 0.25) is 5.91 Å². The van der Waals surface area contributed by atoms with Gasteiger partial charge in [0.1, 0.15) is 5.54 Å². The van der Waals surface area contributed by atoms with Gasteiger partial charge in [-0.05, 0) is 52.7 Å². The summed E-state index contributed by atoms with van der Waals surface area (Å²) in [7, 11) is 4.04. The number of carbonyl (C=O) groups is 1. The number of carbonyl (C=O) groups excluding carboxylic acids is 1. The maximum atomic E-state index is 11.9. The van der Waals surface area contributed by atoms with Gasteiger partial charge in [0.25, 0.3) is 0 Å². The highest BCUT2D eigenvalue weighted by molar-refractivity contribution is 5.78. The van der Waals surface area contributed by atoms with E-state index in [-0.39, 0.29) is 11.8 Å². The van der Waals surface area contributed by atoms with Gasteiger partial charge in [-0.15, -0.1) is 0 Å². The maximum absolute atomic E-state index is 11.9. The van der Waals surface area contributed by atoms with E-state index in [2.05, 4.69) is 16.3 Å². The second-order valence-electron chi connectivity index (χ2n) is 5.49. The van der Waals surface area contributed by atoms with Gasteiger partial charge in [-0.2, -0.15) is 5.26 Å². The van der Waals surface area contributed by atoms with E-state index in [1.165, 1.54) is 0 Å². The second kappa shape index (κ2) is 6.72. The predicted octanol–water partition coefficient (Wildman–Crippen LogP) is 0.466. The molecule has 0 saturated heterocycles. The fourth-order valence-electron chi connectivity index (χ4n) is 2.26. The highest BCUT2D eigenvalue weighted by atomic mass is 16.1. The highest BCUT2D eigenvalue weighted by Gasteiger charge is 2.34. The first-order chi connectivity index (χ1) is 8.47. The second-order valence-corrected chi connectivity index (χ2v) is 5.49. The Morgan fingerprint density at radius 1 is 1.50 bits per heavy atom. The van der Waals surface area contributed by atoms with Gasteiger partial charge in [-0.25, -0.2) is 0 Å². The van der Waals surface area contributed by atoms with E-state index in [9.17, 15) is 4.79 Å². The van der Waals surface area contributed by atoms with E-state index in [0.29, 0.717) is 12.8 Å². The van der Waals surface area contributed by atoms with Gasteiger partial charge < -0.3 is 16.0 Å². The lowest BCUT2D eigenvalue weighted by molar-refractivity contribution is -0.126. The molecule has 0 aromatic rings. The van der Waals surface area contributed by atoms with Crippen molar-refractivity contribution >= 4 is 5.91 Å². The van der Waals surface area contributed by atoms with Crippen LogP contribution < -0.4 is 11.1 Å². The lowest BCUT2D eigenvalue weighted by Crippen LogP contribution is -2.44. The predicted molar refractivity (Wildman–Crippen MR) is 70.7 cm³/mol. The van der Waals surface area contributed by atoms with Gasteiger partial charge in [-0.1, -0.05) is 0 Å². The average molecular weight is 252 g/mol. The van der Waals surface area contributed by atoms with Crippen LogP contribution in [0.15, 0.2) is 0 Å². The van der Waals surface area contributed by atoms with Gasteiger partial charge in [-0.3, -0.25) is 4.79 Å². The van der Waals surface area contributed by atoms with Crippen molar-refractivity contribution in [3.05, 3.63) is 0 Å². The van der Waals surface area contributed by atoms with Crippen molar-refractivity contribution in [1.82, 2.24) is 10.2 Å². The molecule has 0 radical (unpaired) electrons. The summed E-state index contributed by atoms with van der Waals surface area (Å²) in [4.78, 5) is 14.0. The van der Waals surface area contributed by atoms with Gasteiger partial charge in [0, 0.05) is 12.5 Å². The van der Waals surface area contributed by atoms with Crippen LogP contribution in [0.2, 0.25) is 0 Å². The Labute approximate surface area is 109 Å². The lowest BCUT2D eigenvalue weighted by Gasteiger charge is -2.31. The van der Waals surface area contributed by atoms with E-state index < -0.39 is 5.54 Å². The number of amides is 1. The van der Waals surface area contributed by atoms with Crippen LogP contribution in [-0.4, -0.2) is 43.5 Å². The minimum absolute atomic E-state index is 0.0365. The van der Waals surface area contributed by atoms with Crippen molar-refractivity contribution in [3.63, 3.8) is 0 Å². The number of nitrogens with two attached hydrogens (primary N) is 1. The zero-order valence-electron chi connectivity index (χ0n) is 11.4. The summed E-state index contributed by atoms with van der Waals surface area (Å²) in [6.07, 6.45) is 3.66. The molecule has 3 N–H and O–H groups in total. The van der Waals surface area contributed by atoms with Crippen LogP contribution >= 0.6 is 0 Å². The summed E-state index contributed by atoms with van der Waals surface area (Å²) in [5.41, 5.74) is 5.17. The molecule has 5 heteroatoms. The zero-order chi connectivity index (χ0) is 13.6. The molecule has 102 valence electrons. The Morgan fingerprint density at radius 2 is 2.11 bits per heavy atom. The number of rotatable bonds is 5. The van der Waals surface area contributed by atoms with Gasteiger partial charge in [0.05, 0.1) is 6.07 Å². The molecule has 0 unspecified atom stereocenters. The third-order valence-electron chi connectivity index (χ3n) is 3.55. The third-order valence-corrected chi connectivity index (χ3v) is 3.55. The summed E-state index contributed by atoms with van der Waals surface area (Å²) < 4.78 is 0. The molecule has 1 amide bonds. The molecule has 1 saturated carbocycles. The van der Waals surface area contributed by atoms with Crippen molar-refractivity contribution in [2.75, 3.05) is 27.2 Å². The molecular formula is C13H24N4O. The van der Waals surface area contributed by atoms with E-state index in [1.807, 2.05) is 14.1 Å². The quantitative estimate of drug-likeness (QED) is 0.697. The number of hydrogen-bond acceptors (Lipinski definition) is 4. The lowest BCUT2D eigenvalue weighted by atomic mass is 9.77. The number of hydrogen-bond donors (Lipinski definition) is 2. The van der Waals surface area contributed by atoms with Gasteiger partial charge >= 0.3 is 0 Å². The molecule has 18 heavy (non-hydrogen) atoms. The van der Waals surface area contributed by atoms with Crippen LogP contribution in [0.4, 0.5) is 0 Å². The van der Waals surface area contributed by atoms with Crippen molar-refractivity contribution in [1.29, 1.82) is 5.26 Å². The van der Waals surface area contributed by atoms with Crippen molar-refractivity contribution in [2.45, 2.75) is 37.6 Å². The first-order valence-electron chi connectivity index (χ1n) is 6.59. The number of nitrogens with zero attached hydrogens (tertiary/aromatic N) is 2. The molecule has 0 bridgehead atoms. The first-order valence-corrected chi connectivity index (χ1v) is 6.59. The fraction of sp³-hybridized carbons (Fsp3) is 0.846. The smallest absolute Gasteiger partial charge is 0.223 e. The zero-order valence-corrected chi connectivity index (χ0v) is 11.4. The van der Waals surface area contributed by atoms with E-state index in [1.54, 1.807) is 0 Å². The molecule has 0 atom stereocenters. The summed E-state index contributed by atoms with van der Waals surface area (Å²) >= 11 is 0. The molecule has 0 spiro atoms.